The minimum atomic E-state index is -0.933. The maximum Gasteiger partial charge on any atom is 0.317 e. The monoisotopic (exact) mass is 351 g/mol. The van der Waals surface area contributed by atoms with Gasteiger partial charge in [-0.15, -0.1) is 0 Å². The fraction of sp³-hybridized carbons (Fsp3) is 0.556. The van der Waals surface area contributed by atoms with E-state index in [1.807, 2.05) is 18.7 Å². The molecule has 138 valence electrons. The van der Waals surface area contributed by atoms with Gasteiger partial charge in [-0.05, 0) is 25.5 Å². The lowest BCUT2D eigenvalue weighted by molar-refractivity contribution is -0.140. The molecule has 1 fully saturated rings. The van der Waals surface area contributed by atoms with Gasteiger partial charge in [0.05, 0.1) is 18.8 Å². The molecule has 1 heterocycles. The number of aliphatic carboxylic acids is 1. The summed E-state index contributed by atoms with van der Waals surface area (Å²) < 4.78 is 13.9. The first-order valence-corrected chi connectivity index (χ1v) is 8.65. The number of carboxylic acid groups (broad SMARTS) is 1. The molecule has 0 radical (unpaired) electrons. The number of carbonyl (C=O) groups is 2. The van der Waals surface area contributed by atoms with Crippen molar-refractivity contribution in [1.82, 2.24) is 9.80 Å². The van der Waals surface area contributed by atoms with Crippen molar-refractivity contribution >= 4 is 17.6 Å². The van der Waals surface area contributed by atoms with Gasteiger partial charge in [-0.1, -0.05) is 19.1 Å². The Morgan fingerprint density at radius 1 is 1.20 bits per heavy atom. The molecule has 1 amide bonds. The average molecular weight is 351 g/mol. The molecule has 6 nitrogen and oxygen atoms in total. The first kappa shape index (κ1) is 19.2. The minimum Gasteiger partial charge on any atom is -0.480 e. The van der Waals surface area contributed by atoms with Crippen LogP contribution in [0.5, 0.6) is 0 Å². The van der Waals surface area contributed by atoms with Crippen LogP contribution in [0, 0.1) is 5.82 Å². The number of carbonyl (C=O) groups excluding carboxylic acids is 1. The van der Waals surface area contributed by atoms with Crippen LogP contribution in [0.25, 0.3) is 0 Å². The Morgan fingerprint density at radius 3 is 2.40 bits per heavy atom. The molecule has 0 saturated carbocycles. The first-order valence-electron chi connectivity index (χ1n) is 8.65. The predicted octanol–water partition coefficient (Wildman–Crippen LogP) is 1.66. The highest BCUT2D eigenvalue weighted by Crippen LogP contribution is 2.20. The van der Waals surface area contributed by atoms with Crippen LogP contribution in [0.15, 0.2) is 24.3 Å². The lowest BCUT2D eigenvalue weighted by atomic mass is 10.2. The number of anilines is 1. The van der Waals surface area contributed by atoms with Gasteiger partial charge in [0, 0.05) is 32.2 Å². The van der Waals surface area contributed by atoms with Gasteiger partial charge in [0.25, 0.3) is 0 Å². The van der Waals surface area contributed by atoms with Crippen LogP contribution in [0.2, 0.25) is 0 Å². The Labute approximate surface area is 147 Å². The standard InChI is InChI=1S/C18H26FN3O3/c1-3-14(2)22(13-18(24)25)12-17(23)21-10-8-20(9-11-21)16-7-5-4-6-15(16)19/h4-7,14H,3,8-13H2,1-2H3,(H,24,25)/t14-/m1/s1. The third-order valence-electron chi connectivity index (χ3n) is 4.72. The van der Waals surface area contributed by atoms with Gasteiger partial charge in [0.2, 0.25) is 5.91 Å². The number of rotatable bonds is 7. The summed E-state index contributed by atoms with van der Waals surface area (Å²) in [7, 11) is 0. The summed E-state index contributed by atoms with van der Waals surface area (Å²) in [5.41, 5.74) is 0.557. The quantitative estimate of drug-likeness (QED) is 0.809. The van der Waals surface area contributed by atoms with Gasteiger partial charge in [-0.2, -0.15) is 0 Å². The van der Waals surface area contributed by atoms with E-state index in [0.717, 1.165) is 6.42 Å². The smallest absolute Gasteiger partial charge is 0.317 e. The minimum absolute atomic E-state index is 0.0275. The molecule has 1 aromatic carbocycles. The maximum atomic E-state index is 13.9. The van der Waals surface area contributed by atoms with E-state index in [-0.39, 0.29) is 30.9 Å². The molecule has 1 aromatic rings. The second kappa shape index (κ2) is 8.80. The number of para-hydroxylation sites is 1. The van der Waals surface area contributed by atoms with Crippen LogP contribution in [0.3, 0.4) is 0 Å². The van der Waals surface area contributed by atoms with Gasteiger partial charge in [-0.3, -0.25) is 14.5 Å². The summed E-state index contributed by atoms with van der Waals surface area (Å²) >= 11 is 0. The zero-order valence-corrected chi connectivity index (χ0v) is 14.8. The van der Waals surface area contributed by atoms with E-state index in [0.29, 0.717) is 31.9 Å². The Balaban J connectivity index is 1.92. The number of amides is 1. The van der Waals surface area contributed by atoms with E-state index in [1.165, 1.54) is 6.07 Å². The summed E-state index contributed by atoms with van der Waals surface area (Å²) in [6.07, 6.45) is 0.779. The van der Waals surface area contributed by atoms with Crippen LogP contribution in [-0.2, 0) is 9.59 Å². The number of piperazine rings is 1. The van der Waals surface area contributed by atoms with Crippen LogP contribution in [0.1, 0.15) is 20.3 Å². The van der Waals surface area contributed by atoms with Gasteiger partial charge in [0.1, 0.15) is 5.82 Å². The molecule has 25 heavy (non-hydrogen) atoms. The molecular formula is C18H26FN3O3. The van der Waals surface area contributed by atoms with E-state index in [4.69, 9.17) is 5.11 Å². The zero-order valence-electron chi connectivity index (χ0n) is 14.8. The zero-order chi connectivity index (χ0) is 18.4. The van der Waals surface area contributed by atoms with Crippen molar-refractivity contribution in [2.45, 2.75) is 26.3 Å². The average Bonchev–Trinajstić information content (AvgIpc) is 2.60. The Hall–Kier alpha value is -2.15. The Morgan fingerprint density at radius 2 is 1.84 bits per heavy atom. The molecule has 0 aromatic heterocycles. The SMILES string of the molecule is CC[C@@H](C)N(CC(=O)O)CC(=O)N1CCN(c2ccccc2F)CC1. The third-order valence-corrected chi connectivity index (χ3v) is 4.72. The van der Waals surface area contributed by atoms with Gasteiger partial charge in [0.15, 0.2) is 0 Å². The Kier molecular flexibility index (Phi) is 6.75. The summed E-state index contributed by atoms with van der Waals surface area (Å²) in [5.74, 6) is -1.26. The maximum absolute atomic E-state index is 13.9. The van der Waals surface area contributed by atoms with E-state index < -0.39 is 5.97 Å². The molecule has 1 aliphatic rings. The Bertz CT molecular complexity index is 603. The second-order valence-electron chi connectivity index (χ2n) is 6.38. The van der Waals surface area contributed by atoms with Crippen molar-refractivity contribution in [1.29, 1.82) is 0 Å². The van der Waals surface area contributed by atoms with Gasteiger partial charge in [-0.25, -0.2) is 4.39 Å². The molecule has 0 spiro atoms. The molecule has 0 bridgehead atoms. The lowest BCUT2D eigenvalue weighted by Crippen LogP contribution is -2.52. The second-order valence-corrected chi connectivity index (χ2v) is 6.38. The van der Waals surface area contributed by atoms with Crippen LogP contribution >= 0.6 is 0 Å². The van der Waals surface area contributed by atoms with Gasteiger partial charge < -0.3 is 14.9 Å². The molecule has 2 rings (SSSR count). The van der Waals surface area contributed by atoms with Crippen molar-refractivity contribution in [3.63, 3.8) is 0 Å². The van der Waals surface area contributed by atoms with Crippen LogP contribution < -0.4 is 4.90 Å². The van der Waals surface area contributed by atoms with Crippen LogP contribution in [0.4, 0.5) is 10.1 Å². The summed E-state index contributed by atoms with van der Waals surface area (Å²) in [5, 5.41) is 9.03. The van der Waals surface area contributed by atoms with Crippen molar-refractivity contribution in [2.24, 2.45) is 0 Å². The number of halogens is 1. The number of hydrogen-bond acceptors (Lipinski definition) is 4. The molecule has 1 saturated heterocycles. The molecule has 1 N–H and O–H groups in total. The van der Waals surface area contributed by atoms with Crippen molar-refractivity contribution < 1.29 is 19.1 Å². The number of benzene rings is 1. The molecular weight excluding hydrogens is 325 g/mol. The fourth-order valence-corrected chi connectivity index (χ4v) is 2.98. The van der Waals surface area contributed by atoms with Crippen molar-refractivity contribution in [3.8, 4) is 0 Å². The summed E-state index contributed by atoms with van der Waals surface area (Å²) in [4.78, 5) is 28.9. The highest BCUT2D eigenvalue weighted by Gasteiger charge is 2.26. The number of hydrogen-bond donors (Lipinski definition) is 1. The van der Waals surface area contributed by atoms with Gasteiger partial charge >= 0.3 is 5.97 Å². The molecule has 1 aliphatic heterocycles. The van der Waals surface area contributed by atoms with Crippen molar-refractivity contribution in [2.75, 3.05) is 44.2 Å². The molecule has 0 aliphatic carbocycles. The van der Waals surface area contributed by atoms with E-state index in [2.05, 4.69) is 0 Å². The van der Waals surface area contributed by atoms with Crippen LogP contribution in [-0.4, -0.2) is 72.1 Å². The lowest BCUT2D eigenvalue weighted by Gasteiger charge is -2.37. The van der Waals surface area contributed by atoms with E-state index >= 15 is 0 Å². The van der Waals surface area contributed by atoms with E-state index in [1.54, 1.807) is 28.0 Å². The third kappa shape index (κ3) is 5.16. The predicted molar refractivity (Wildman–Crippen MR) is 94.2 cm³/mol. The first-order chi connectivity index (χ1) is 11.9. The largest absolute Gasteiger partial charge is 0.480 e. The molecule has 7 heteroatoms. The van der Waals surface area contributed by atoms with E-state index in [9.17, 15) is 14.0 Å². The number of carboxylic acids is 1. The summed E-state index contributed by atoms with van der Waals surface area (Å²) in [6.45, 7) is 5.99. The molecule has 1 atom stereocenters. The normalized spacial score (nSPS) is 16.2. The van der Waals surface area contributed by atoms with Crippen molar-refractivity contribution in [3.05, 3.63) is 30.1 Å². The summed E-state index contributed by atoms with van der Waals surface area (Å²) in [6, 6.07) is 6.66. The highest BCUT2D eigenvalue weighted by molar-refractivity contribution is 5.79. The number of nitrogens with zero attached hydrogens (tertiary/aromatic N) is 3. The topological polar surface area (TPSA) is 64.1 Å². The molecule has 0 unspecified atom stereocenters. The highest BCUT2D eigenvalue weighted by atomic mass is 19.1. The fourth-order valence-electron chi connectivity index (χ4n) is 2.98.